The van der Waals surface area contributed by atoms with Gasteiger partial charge in [-0.05, 0) is 31.1 Å². The average Bonchev–Trinajstić information content (AvgIpc) is 2.11. The Morgan fingerprint density at radius 3 is 2.15 bits per heavy atom. The van der Waals surface area contributed by atoms with Gasteiger partial charge in [-0.15, -0.1) is 0 Å². The molecule has 2 saturated heterocycles. The fraction of sp³-hybridized carbons (Fsp3) is 1.00. The Labute approximate surface area is 108 Å². The zero-order valence-corrected chi connectivity index (χ0v) is 12.1. The lowest BCUT2D eigenvalue weighted by molar-refractivity contribution is 0.0995. The molecule has 0 N–H and O–H groups in total. The molecule has 0 radical (unpaired) electrons. The summed E-state index contributed by atoms with van der Waals surface area (Å²) in [4.78, 5) is 0. The van der Waals surface area contributed by atoms with E-state index in [1.807, 2.05) is 0 Å². The van der Waals surface area contributed by atoms with Crippen LogP contribution in [0.1, 0.15) is 25.7 Å². The smallest absolute Gasteiger partial charge is 0.0201 e. The fourth-order valence-corrected chi connectivity index (χ4v) is 4.06. The topological polar surface area (TPSA) is 6.48 Å². The first-order valence-electron chi connectivity index (χ1n) is 5.02. The lowest BCUT2D eigenvalue weighted by atomic mass is 9.73. The van der Waals surface area contributed by atoms with Crippen LogP contribution in [0.4, 0.5) is 0 Å². The SMILES string of the molecule is IN1CCC2(CCCN(I)C2)CC1. The number of nitrogens with zero attached hydrogens (tertiary/aromatic N) is 2. The number of hydrogen-bond donors (Lipinski definition) is 0. The molecule has 2 fully saturated rings. The standard InChI is InChI=1S/C9H16I2N2/c10-12-6-3-9(4-7-12)2-1-5-13(11)8-9/h1-8H2. The third-order valence-corrected chi connectivity index (χ3v) is 5.17. The highest BCUT2D eigenvalue weighted by Crippen LogP contribution is 2.41. The maximum atomic E-state index is 2.49. The third kappa shape index (κ3) is 2.69. The molecule has 2 nitrogen and oxygen atoms in total. The van der Waals surface area contributed by atoms with E-state index in [0.29, 0.717) is 5.41 Å². The highest BCUT2D eigenvalue weighted by Gasteiger charge is 2.37. The van der Waals surface area contributed by atoms with Gasteiger partial charge in [-0.25, -0.2) is 6.23 Å². The lowest BCUT2D eigenvalue weighted by Gasteiger charge is -2.45. The minimum absolute atomic E-state index is 0.682. The van der Waals surface area contributed by atoms with Crippen molar-refractivity contribution in [3.8, 4) is 0 Å². The molecule has 0 aliphatic carbocycles. The average molecular weight is 406 g/mol. The van der Waals surface area contributed by atoms with Gasteiger partial charge in [-0.1, -0.05) is 0 Å². The highest BCUT2D eigenvalue weighted by atomic mass is 127. The first-order valence-corrected chi connectivity index (χ1v) is 6.95. The van der Waals surface area contributed by atoms with Crippen LogP contribution in [0.3, 0.4) is 0 Å². The number of hydrogen-bond acceptors (Lipinski definition) is 2. The van der Waals surface area contributed by atoms with Crippen molar-refractivity contribution in [2.75, 3.05) is 26.2 Å². The van der Waals surface area contributed by atoms with Crippen LogP contribution in [0, 0.1) is 5.41 Å². The van der Waals surface area contributed by atoms with Crippen LogP contribution in [0.2, 0.25) is 0 Å². The number of halogens is 2. The predicted molar refractivity (Wildman–Crippen MR) is 72.1 cm³/mol. The van der Waals surface area contributed by atoms with E-state index in [0.717, 1.165) is 0 Å². The summed E-state index contributed by atoms with van der Waals surface area (Å²) in [6, 6.07) is 0. The van der Waals surface area contributed by atoms with E-state index in [9.17, 15) is 0 Å². The summed E-state index contributed by atoms with van der Waals surface area (Å²) >= 11 is 4.95. The van der Waals surface area contributed by atoms with E-state index >= 15 is 0 Å². The van der Waals surface area contributed by atoms with Crippen molar-refractivity contribution in [2.24, 2.45) is 5.41 Å². The van der Waals surface area contributed by atoms with Crippen LogP contribution in [-0.2, 0) is 0 Å². The maximum Gasteiger partial charge on any atom is 0.0201 e. The van der Waals surface area contributed by atoms with E-state index in [4.69, 9.17) is 0 Å². The minimum Gasteiger partial charge on any atom is -0.248 e. The molecule has 13 heavy (non-hydrogen) atoms. The monoisotopic (exact) mass is 406 g/mol. The second-order valence-electron chi connectivity index (χ2n) is 4.36. The molecule has 0 aromatic carbocycles. The summed E-state index contributed by atoms with van der Waals surface area (Å²) in [7, 11) is 0. The number of piperidine rings is 2. The first kappa shape index (κ1) is 10.9. The maximum absolute atomic E-state index is 2.49. The second-order valence-corrected chi connectivity index (χ2v) is 7.09. The van der Waals surface area contributed by atoms with Crippen molar-refractivity contribution in [3.05, 3.63) is 0 Å². The van der Waals surface area contributed by atoms with Crippen LogP contribution in [0.15, 0.2) is 0 Å². The van der Waals surface area contributed by atoms with Crippen molar-refractivity contribution >= 4 is 45.7 Å². The second kappa shape index (κ2) is 4.49. The molecule has 1 spiro atoms. The molecule has 2 aliphatic heterocycles. The van der Waals surface area contributed by atoms with E-state index in [1.165, 1.54) is 51.9 Å². The summed E-state index contributed by atoms with van der Waals surface area (Å²) < 4.78 is 4.93. The Hall–Kier alpha value is 1.38. The van der Waals surface area contributed by atoms with Gasteiger partial charge in [0.2, 0.25) is 0 Å². The van der Waals surface area contributed by atoms with Crippen molar-refractivity contribution in [3.63, 3.8) is 0 Å². The van der Waals surface area contributed by atoms with Gasteiger partial charge in [0, 0.05) is 71.9 Å². The molecule has 2 rings (SSSR count). The molecule has 0 aromatic heterocycles. The van der Waals surface area contributed by atoms with Gasteiger partial charge in [0.1, 0.15) is 0 Å². The summed E-state index contributed by atoms with van der Waals surface area (Å²) in [5.74, 6) is 0. The number of rotatable bonds is 0. The summed E-state index contributed by atoms with van der Waals surface area (Å²) in [6.45, 7) is 5.23. The quantitative estimate of drug-likeness (QED) is 0.451. The Bertz CT molecular complexity index is 178. The molecule has 76 valence electrons. The Morgan fingerprint density at radius 1 is 0.846 bits per heavy atom. The Morgan fingerprint density at radius 2 is 1.54 bits per heavy atom. The molecule has 2 aliphatic rings. The molecular weight excluding hydrogens is 390 g/mol. The Kier molecular flexibility index (Phi) is 3.76. The van der Waals surface area contributed by atoms with Crippen molar-refractivity contribution < 1.29 is 0 Å². The van der Waals surface area contributed by atoms with Crippen LogP contribution < -0.4 is 0 Å². The third-order valence-electron chi connectivity index (χ3n) is 3.38. The molecule has 0 bridgehead atoms. The molecule has 4 heteroatoms. The van der Waals surface area contributed by atoms with Gasteiger partial charge in [0.15, 0.2) is 0 Å². The van der Waals surface area contributed by atoms with Crippen LogP contribution in [-0.4, -0.2) is 32.4 Å². The molecule has 2 heterocycles. The van der Waals surface area contributed by atoms with Crippen LogP contribution in [0.5, 0.6) is 0 Å². The molecule has 0 amide bonds. The zero-order valence-electron chi connectivity index (χ0n) is 7.81. The zero-order chi connectivity index (χ0) is 9.31. The summed E-state index contributed by atoms with van der Waals surface area (Å²) in [5.41, 5.74) is 0.682. The fourth-order valence-electron chi connectivity index (χ4n) is 2.51. The van der Waals surface area contributed by atoms with Gasteiger partial charge in [-0.2, -0.15) is 0 Å². The van der Waals surface area contributed by atoms with Gasteiger partial charge >= 0.3 is 0 Å². The highest BCUT2D eigenvalue weighted by molar-refractivity contribution is 14.1. The van der Waals surface area contributed by atoms with E-state index in [2.05, 4.69) is 52.0 Å². The van der Waals surface area contributed by atoms with Gasteiger partial charge in [0.25, 0.3) is 0 Å². The van der Waals surface area contributed by atoms with E-state index < -0.39 is 0 Å². The van der Waals surface area contributed by atoms with Crippen LogP contribution in [0.25, 0.3) is 0 Å². The molecule has 0 saturated carbocycles. The molecule has 0 atom stereocenters. The Balaban J connectivity index is 1.95. The van der Waals surface area contributed by atoms with Crippen molar-refractivity contribution in [1.82, 2.24) is 6.23 Å². The first-order chi connectivity index (χ1) is 6.20. The van der Waals surface area contributed by atoms with E-state index in [1.54, 1.807) is 0 Å². The molecule has 0 aromatic rings. The van der Waals surface area contributed by atoms with E-state index in [-0.39, 0.29) is 0 Å². The van der Waals surface area contributed by atoms with Crippen LogP contribution >= 0.6 is 45.7 Å². The largest absolute Gasteiger partial charge is 0.248 e. The molecular formula is C9H16I2N2. The summed E-state index contributed by atoms with van der Waals surface area (Å²) in [5, 5.41) is 0. The normalized spacial score (nSPS) is 30.9. The summed E-state index contributed by atoms with van der Waals surface area (Å²) in [6.07, 6.45) is 5.70. The van der Waals surface area contributed by atoms with Gasteiger partial charge in [0.05, 0.1) is 0 Å². The molecule has 0 unspecified atom stereocenters. The van der Waals surface area contributed by atoms with Crippen molar-refractivity contribution in [1.29, 1.82) is 0 Å². The minimum atomic E-state index is 0.682. The van der Waals surface area contributed by atoms with Gasteiger partial charge in [-0.3, -0.25) is 0 Å². The van der Waals surface area contributed by atoms with Crippen molar-refractivity contribution in [2.45, 2.75) is 25.7 Å². The lowest BCUT2D eigenvalue weighted by Crippen LogP contribution is -2.44. The van der Waals surface area contributed by atoms with Gasteiger partial charge < -0.3 is 0 Å². The predicted octanol–water partition coefficient (Wildman–Crippen LogP) is 2.86.